The highest BCUT2D eigenvalue weighted by Gasteiger charge is 2.52. The van der Waals surface area contributed by atoms with Crippen LogP contribution in [0.3, 0.4) is 0 Å². The maximum atomic E-state index is 13.2. The van der Waals surface area contributed by atoms with Crippen molar-refractivity contribution in [2.24, 2.45) is 11.3 Å². The van der Waals surface area contributed by atoms with E-state index >= 15 is 0 Å². The Morgan fingerprint density at radius 2 is 2.41 bits per heavy atom. The van der Waals surface area contributed by atoms with Gasteiger partial charge in [-0.25, -0.2) is 4.39 Å². The Morgan fingerprint density at radius 3 is 3.14 bits per heavy atom. The number of hydrogen-bond acceptors (Lipinski definition) is 3. The van der Waals surface area contributed by atoms with Crippen LogP contribution >= 0.6 is 11.6 Å². The van der Waals surface area contributed by atoms with Gasteiger partial charge in [0.1, 0.15) is 5.82 Å². The van der Waals surface area contributed by atoms with E-state index in [1.807, 2.05) is 6.92 Å². The fourth-order valence-corrected chi connectivity index (χ4v) is 3.49. The Kier molecular flexibility index (Phi) is 4.39. The number of hydrogen-bond donors (Lipinski definition) is 0. The van der Waals surface area contributed by atoms with E-state index in [4.69, 9.17) is 21.1 Å². The first-order valence-corrected chi connectivity index (χ1v) is 7.83. The van der Waals surface area contributed by atoms with E-state index in [1.165, 1.54) is 18.2 Å². The van der Waals surface area contributed by atoms with Gasteiger partial charge in [-0.15, -0.1) is 0 Å². The summed E-state index contributed by atoms with van der Waals surface area (Å²) in [6.07, 6.45) is 0. The van der Waals surface area contributed by atoms with Crippen LogP contribution in [-0.2, 0) is 9.47 Å². The van der Waals surface area contributed by atoms with Gasteiger partial charge in [0.2, 0.25) is 0 Å². The molecule has 1 aromatic carbocycles. The monoisotopic (exact) mass is 327 g/mol. The standard InChI is InChI=1S/C16H19ClFNO3/c1-2-21-9-16-8-19(6-12(16)7-22-10-16)15(20)11-3-4-14(18)13(17)5-11/h3-5,12H,2,6-10H2,1H3/t12-,16-/m1/s1. The lowest BCUT2D eigenvalue weighted by atomic mass is 9.82. The number of rotatable bonds is 4. The predicted molar refractivity (Wildman–Crippen MR) is 80.5 cm³/mol. The lowest BCUT2D eigenvalue weighted by Crippen LogP contribution is -2.37. The van der Waals surface area contributed by atoms with Gasteiger partial charge < -0.3 is 14.4 Å². The minimum Gasteiger partial charge on any atom is -0.381 e. The molecule has 4 nitrogen and oxygen atoms in total. The largest absolute Gasteiger partial charge is 0.381 e. The van der Waals surface area contributed by atoms with Gasteiger partial charge in [0, 0.05) is 36.6 Å². The average Bonchev–Trinajstić information content (AvgIpc) is 3.04. The van der Waals surface area contributed by atoms with Crippen LogP contribution in [0.4, 0.5) is 4.39 Å². The molecule has 1 amide bonds. The zero-order valence-electron chi connectivity index (χ0n) is 12.5. The number of nitrogens with zero attached hydrogens (tertiary/aromatic N) is 1. The topological polar surface area (TPSA) is 38.8 Å². The Bertz CT molecular complexity index is 583. The number of benzene rings is 1. The minimum atomic E-state index is -0.516. The molecule has 0 unspecified atom stereocenters. The van der Waals surface area contributed by atoms with Crippen molar-refractivity contribution in [3.63, 3.8) is 0 Å². The van der Waals surface area contributed by atoms with Crippen LogP contribution in [0.5, 0.6) is 0 Å². The molecule has 0 aliphatic carbocycles. The minimum absolute atomic E-state index is 0.0300. The van der Waals surface area contributed by atoms with E-state index in [2.05, 4.69) is 0 Å². The van der Waals surface area contributed by atoms with Gasteiger partial charge in [-0.05, 0) is 25.1 Å². The third-order valence-corrected chi connectivity index (χ3v) is 4.86. The van der Waals surface area contributed by atoms with Crippen molar-refractivity contribution in [3.8, 4) is 0 Å². The molecule has 0 radical (unpaired) electrons. The van der Waals surface area contributed by atoms with Crippen molar-refractivity contribution in [1.82, 2.24) is 4.90 Å². The summed E-state index contributed by atoms with van der Waals surface area (Å²) >= 11 is 5.77. The van der Waals surface area contributed by atoms with Gasteiger partial charge in [-0.2, -0.15) is 0 Å². The molecule has 3 rings (SSSR count). The van der Waals surface area contributed by atoms with E-state index in [1.54, 1.807) is 4.90 Å². The summed E-state index contributed by atoms with van der Waals surface area (Å²) in [5.74, 6) is -0.344. The van der Waals surface area contributed by atoms with Gasteiger partial charge in [-0.3, -0.25) is 4.79 Å². The van der Waals surface area contributed by atoms with Crippen LogP contribution in [-0.4, -0.2) is 50.3 Å². The van der Waals surface area contributed by atoms with Gasteiger partial charge in [0.05, 0.1) is 24.8 Å². The summed E-state index contributed by atoms with van der Waals surface area (Å²) in [5.41, 5.74) is 0.300. The third-order valence-electron chi connectivity index (χ3n) is 4.57. The molecule has 0 saturated carbocycles. The highest BCUT2D eigenvalue weighted by atomic mass is 35.5. The molecule has 0 spiro atoms. The quantitative estimate of drug-likeness (QED) is 0.853. The molecule has 2 aliphatic heterocycles. The summed E-state index contributed by atoms with van der Waals surface area (Å²) in [7, 11) is 0. The Balaban J connectivity index is 1.76. The van der Waals surface area contributed by atoms with E-state index in [9.17, 15) is 9.18 Å². The number of carbonyl (C=O) groups excluding carboxylic acids is 1. The molecule has 2 fully saturated rings. The van der Waals surface area contributed by atoms with Crippen LogP contribution in [0.2, 0.25) is 5.02 Å². The van der Waals surface area contributed by atoms with Gasteiger partial charge in [0.15, 0.2) is 0 Å². The van der Waals surface area contributed by atoms with Crippen molar-refractivity contribution >= 4 is 17.5 Å². The van der Waals surface area contributed by atoms with Crippen LogP contribution in [0.25, 0.3) is 0 Å². The van der Waals surface area contributed by atoms with Crippen molar-refractivity contribution in [3.05, 3.63) is 34.6 Å². The van der Waals surface area contributed by atoms with Crippen LogP contribution in [0, 0.1) is 17.2 Å². The van der Waals surface area contributed by atoms with E-state index < -0.39 is 5.82 Å². The lowest BCUT2D eigenvalue weighted by Gasteiger charge is -2.26. The number of amides is 1. The first kappa shape index (κ1) is 15.7. The van der Waals surface area contributed by atoms with E-state index in [-0.39, 0.29) is 16.3 Å². The highest BCUT2D eigenvalue weighted by Crippen LogP contribution is 2.42. The first-order chi connectivity index (χ1) is 10.6. The number of fused-ring (bicyclic) bond motifs is 1. The predicted octanol–water partition coefficient (Wildman–Crippen LogP) is 2.60. The van der Waals surface area contributed by atoms with Gasteiger partial charge in [0.25, 0.3) is 5.91 Å². The number of ether oxygens (including phenoxy) is 2. The second-order valence-corrected chi connectivity index (χ2v) is 6.43. The van der Waals surface area contributed by atoms with Crippen molar-refractivity contribution < 1.29 is 18.7 Å². The summed E-state index contributed by atoms with van der Waals surface area (Å²) in [6, 6.07) is 4.09. The Morgan fingerprint density at radius 1 is 1.59 bits per heavy atom. The van der Waals surface area contributed by atoms with Gasteiger partial charge >= 0.3 is 0 Å². The molecule has 2 saturated heterocycles. The first-order valence-electron chi connectivity index (χ1n) is 7.45. The second kappa shape index (κ2) is 6.14. The summed E-state index contributed by atoms with van der Waals surface area (Å²) < 4.78 is 24.4. The van der Waals surface area contributed by atoms with Crippen LogP contribution in [0.1, 0.15) is 17.3 Å². The SMILES string of the molecule is CCOC[C@]12COC[C@H]1CN(C(=O)c1ccc(F)c(Cl)c1)C2. The molecule has 1 aromatic rings. The molecule has 2 atom stereocenters. The summed E-state index contributed by atoms with van der Waals surface area (Å²) in [4.78, 5) is 14.4. The smallest absolute Gasteiger partial charge is 0.253 e. The fourth-order valence-electron chi connectivity index (χ4n) is 3.31. The number of likely N-dealkylation sites (tertiary alicyclic amines) is 1. The summed E-state index contributed by atoms with van der Waals surface area (Å²) in [5, 5.41) is -0.0300. The Hall–Kier alpha value is -1.17. The molecule has 2 aliphatic rings. The maximum absolute atomic E-state index is 13.2. The molecule has 120 valence electrons. The van der Waals surface area contributed by atoms with Crippen molar-refractivity contribution in [1.29, 1.82) is 0 Å². The normalized spacial score (nSPS) is 27.2. The molecule has 0 aromatic heterocycles. The lowest BCUT2D eigenvalue weighted by molar-refractivity contribution is 0.0317. The number of carbonyl (C=O) groups is 1. The fraction of sp³-hybridized carbons (Fsp3) is 0.562. The van der Waals surface area contributed by atoms with E-state index in [0.717, 1.165) is 0 Å². The molecule has 0 bridgehead atoms. The average molecular weight is 328 g/mol. The molecule has 22 heavy (non-hydrogen) atoms. The second-order valence-electron chi connectivity index (χ2n) is 6.03. The van der Waals surface area contributed by atoms with Crippen molar-refractivity contribution in [2.75, 3.05) is 39.5 Å². The molecular weight excluding hydrogens is 309 g/mol. The molecule has 6 heteroatoms. The summed E-state index contributed by atoms with van der Waals surface area (Å²) in [6.45, 7) is 5.72. The Labute approximate surface area is 134 Å². The molecular formula is C16H19ClFNO3. The highest BCUT2D eigenvalue weighted by molar-refractivity contribution is 6.31. The molecule has 2 heterocycles. The molecule has 0 N–H and O–H groups in total. The maximum Gasteiger partial charge on any atom is 0.253 e. The van der Waals surface area contributed by atoms with Crippen molar-refractivity contribution in [2.45, 2.75) is 6.92 Å². The van der Waals surface area contributed by atoms with E-state index in [0.29, 0.717) is 51.0 Å². The van der Waals surface area contributed by atoms with Crippen LogP contribution in [0.15, 0.2) is 18.2 Å². The number of halogens is 2. The van der Waals surface area contributed by atoms with Crippen LogP contribution < -0.4 is 0 Å². The van der Waals surface area contributed by atoms with Gasteiger partial charge in [-0.1, -0.05) is 11.6 Å². The zero-order valence-corrected chi connectivity index (χ0v) is 13.2. The zero-order chi connectivity index (χ0) is 15.7. The third kappa shape index (κ3) is 2.73.